The zero-order valence-electron chi connectivity index (χ0n) is 12.2. The van der Waals surface area contributed by atoms with E-state index in [9.17, 15) is 9.59 Å². The quantitative estimate of drug-likeness (QED) is 0.897. The predicted octanol–water partition coefficient (Wildman–Crippen LogP) is 2.40. The molecule has 1 aromatic carbocycles. The van der Waals surface area contributed by atoms with Crippen molar-refractivity contribution in [2.75, 3.05) is 18.0 Å². The van der Waals surface area contributed by atoms with Crippen LogP contribution in [0.2, 0.25) is 5.02 Å². The number of rotatable bonds is 4. The summed E-state index contributed by atoms with van der Waals surface area (Å²) in [6.45, 7) is 5.16. The molecule has 1 aliphatic rings. The molecule has 0 unspecified atom stereocenters. The van der Waals surface area contributed by atoms with Crippen LogP contribution in [-0.2, 0) is 4.79 Å². The lowest BCUT2D eigenvalue weighted by Gasteiger charge is -2.17. The van der Waals surface area contributed by atoms with Crippen molar-refractivity contribution in [2.24, 2.45) is 5.92 Å². The SMILES string of the molecule is CC(C)CNC(=O)N[C@@H]1CC(=O)N(c2ccc(Cl)cc2)C1. The summed E-state index contributed by atoms with van der Waals surface area (Å²) < 4.78 is 0. The molecule has 1 atom stereocenters. The average molecular weight is 310 g/mol. The molecular formula is C15H20ClN3O2. The highest BCUT2D eigenvalue weighted by molar-refractivity contribution is 6.30. The number of anilines is 1. The first kappa shape index (κ1) is 15.6. The lowest BCUT2D eigenvalue weighted by atomic mass is 10.2. The number of nitrogens with one attached hydrogen (secondary N) is 2. The van der Waals surface area contributed by atoms with Crippen molar-refractivity contribution in [1.29, 1.82) is 0 Å². The molecule has 0 aromatic heterocycles. The van der Waals surface area contributed by atoms with E-state index in [0.717, 1.165) is 5.69 Å². The fraction of sp³-hybridized carbons (Fsp3) is 0.467. The van der Waals surface area contributed by atoms with Crippen molar-refractivity contribution in [2.45, 2.75) is 26.3 Å². The predicted molar refractivity (Wildman–Crippen MR) is 83.6 cm³/mol. The molecule has 1 aliphatic heterocycles. The van der Waals surface area contributed by atoms with Crippen molar-refractivity contribution in [3.8, 4) is 0 Å². The summed E-state index contributed by atoms with van der Waals surface area (Å²) in [6.07, 6.45) is 0.317. The third-order valence-corrected chi connectivity index (χ3v) is 3.52. The van der Waals surface area contributed by atoms with Gasteiger partial charge in [-0.1, -0.05) is 25.4 Å². The lowest BCUT2D eigenvalue weighted by Crippen LogP contribution is -2.44. The summed E-state index contributed by atoms with van der Waals surface area (Å²) in [5, 5.41) is 6.26. The van der Waals surface area contributed by atoms with Crippen LogP contribution < -0.4 is 15.5 Å². The van der Waals surface area contributed by atoms with E-state index in [0.29, 0.717) is 30.5 Å². The van der Waals surface area contributed by atoms with Gasteiger partial charge in [0.15, 0.2) is 0 Å². The molecule has 3 amide bonds. The Balaban J connectivity index is 1.90. The smallest absolute Gasteiger partial charge is 0.315 e. The molecule has 114 valence electrons. The first-order chi connectivity index (χ1) is 9.95. The molecular weight excluding hydrogens is 290 g/mol. The van der Waals surface area contributed by atoms with E-state index >= 15 is 0 Å². The Morgan fingerprint density at radius 1 is 1.38 bits per heavy atom. The standard InChI is InChI=1S/C15H20ClN3O2/c1-10(2)8-17-15(21)18-12-7-14(20)19(9-12)13-5-3-11(16)4-6-13/h3-6,10,12H,7-9H2,1-2H3,(H2,17,18,21)/t12-/m1/s1. The van der Waals surface area contributed by atoms with Gasteiger partial charge in [-0.2, -0.15) is 0 Å². The number of carbonyl (C=O) groups is 2. The largest absolute Gasteiger partial charge is 0.338 e. The third kappa shape index (κ3) is 4.36. The molecule has 2 N–H and O–H groups in total. The van der Waals surface area contributed by atoms with E-state index in [4.69, 9.17) is 11.6 Å². The topological polar surface area (TPSA) is 61.4 Å². The van der Waals surface area contributed by atoms with Gasteiger partial charge in [-0.15, -0.1) is 0 Å². The van der Waals surface area contributed by atoms with Gasteiger partial charge in [0.25, 0.3) is 0 Å². The molecule has 0 saturated carbocycles. The van der Waals surface area contributed by atoms with E-state index in [1.54, 1.807) is 29.2 Å². The summed E-state index contributed by atoms with van der Waals surface area (Å²) in [6, 6.07) is 6.73. The minimum atomic E-state index is -0.223. The fourth-order valence-corrected chi connectivity index (χ4v) is 2.33. The van der Waals surface area contributed by atoms with E-state index in [-0.39, 0.29) is 18.0 Å². The van der Waals surface area contributed by atoms with Gasteiger partial charge in [-0.05, 0) is 30.2 Å². The number of nitrogens with zero attached hydrogens (tertiary/aromatic N) is 1. The minimum Gasteiger partial charge on any atom is -0.338 e. The molecule has 1 fully saturated rings. The van der Waals surface area contributed by atoms with Gasteiger partial charge in [-0.25, -0.2) is 4.79 Å². The van der Waals surface area contributed by atoms with Gasteiger partial charge in [0.1, 0.15) is 0 Å². The number of hydrogen-bond donors (Lipinski definition) is 2. The van der Waals surface area contributed by atoms with Crippen molar-refractivity contribution in [3.63, 3.8) is 0 Å². The maximum atomic E-state index is 12.0. The first-order valence-electron chi connectivity index (χ1n) is 7.06. The van der Waals surface area contributed by atoms with Crippen LogP contribution in [0.5, 0.6) is 0 Å². The van der Waals surface area contributed by atoms with Crippen LogP contribution in [0.1, 0.15) is 20.3 Å². The Morgan fingerprint density at radius 2 is 2.05 bits per heavy atom. The van der Waals surface area contributed by atoms with Crippen LogP contribution >= 0.6 is 11.6 Å². The Morgan fingerprint density at radius 3 is 2.67 bits per heavy atom. The minimum absolute atomic E-state index is 0.00600. The fourth-order valence-electron chi connectivity index (χ4n) is 2.21. The molecule has 0 bridgehead atoms. The van der Waals surface area contributed by atoms with Crippen LogP contribution in [-0.4, -0.2) is 31.1 Å². The molecule has 0 radical (unpaired) electrons. The average Bonchev–Trinajstić information content (AvgIpc) is 2.78. The lowest BCUT2D eigenvalue weighted by molar-refractivity contribution is -0.117. The van der Waals surface area contributed by atoms with Crippen molar-refractivity contribution < 1.29 is 9.59 Å². The van der Waals surface area contributed by atoms with Crippen LogP contribution in [0, 0.1) is 5.92 Å². The highest BCUT2D eigenvalue weighted by Gasteiger charge is 2.31. The van der Waals surface area contributed by atoms with Crippen molar-refractivity contribution >= 4 is 29.2 Å². The molecule has 6 heteroatoms. The maximum Gasteiger partial charge on any atom is 0.315 e. The second kappa shape index (κ2) is 6.80. The van der Waals surface area contributed by atoms with Crippen molar-refractivity contribution in [3.05, 3.63) is 29.3 Å². The summed E-state index contributed by atoms with van der Waals surface area (Å²) >= 11 is 5.84. The van der Waals surface area contributed by atoms with Gasteiger partial charge in [0.2, 0.25) is 5.91 Å². The van der Waals surface area contributed by atoms with Gasteiger partial charge in [-0.3, -0.25) is 4.79 Å². The Hall–Kier alpha value is -1.75. The molecule has 5 nitrogen and oxygen atoms in total. The Labute approximate surface area is 129 Å². The molecule has 2 rings (SSSR count). The van der Waals surface area contributed by atoms with E-state index in [2.05, 4.69) is 10.6 Å². The summed E-state index contributed by atoms with van der Waals surface area (Å²) in [5.41, 5.74) is 0.802. The first-order valence-corrected chi connectivity index (χ1v) is 7.44. The molecule has 0 aliphatic carbocycles. The van der Waals surface area contributed by atoms with Gasteiger partial charge < -0.3 is 15.5 Å². The van der Waals surface area contributed by atoms with E-state index in [1.165, 1.54) is 0 Å². The Kier molecular flexibility index (Phi) is 5.07. The second-order valence-electron chi connectivity index (χ2n) is 5.63. The van der Waals surface area contributed by atoms with Crippen LogP contribution in [0.25, 0.3) is 0 Å². The number of benzene rings is 1. The third-order valence-electron chi connectivity index (χ3n) is 3.27. The highest BCUT2D eigenvalue weighted by Crippen LogP contribution is 2.23. The van der Waals surface area contributed by atoms with Gasteiger partial charge >= 0.3 is 6.03 Å². The zero-order valence-corrected chi connectivity index (χ0v) is 13.0. The molecule has 1 heterocycles. The van der Waals surface area contributed by atoms with Gasteiger partial charge in [0, 0.05) is 30.2 Å². The molecule has 1 saturated heterocycles. The van der Waals surface area contributed by atoms with Crippen LogP contribution in [0.3, 0.4) is 0 Å². The zero-order chi connectivity index (χ0) is 15.4. The molecule has 21 heavy (non-hydrogen) atoms. The Bertz CT molecular complexity index is 516. The summed E-state index contributed by atoms with van der Waals surface area (Å²) in [5.74, 6) is 0.401. The number of amides is 3. The maximum absolute atomic E-state index is 12.0. The van der Waals surface area contributed by atoms with Gasteiger partial charge in [0.05, 0.1) is 6.04 Å². The second-order valence-corrected chi connectivity index (χ2v) is 6.07. The number of hydrogen-bond acceptors (Lipinski definition) is 2. The number of urea groups is 1. The number of carbonyl (C=O) groups excluding carboxylic acids is 2. The van der Waals surface area contributed by atoms with E-state index in [1.807, 2.05) is 13.8 Å². The molecule has 1 aromatic rings. The summed E-state index contributed by atoms with van der Waals surface area (Å²) in [7, 11) is 0. The molecule has 0 spiro atoms. The summed E-state index contributed by atoms with van der Waals surface area (Å²) in [4.78, 5) is 25.4. The van der Waals surface area contributed by atoms with Crippen molar-refractivity contribution in [1.82, 2.24) is 10.6 Å². The highest BCUT2D eigenvalue weighted by atomic mass is 35.5. The normalized spacial score (nSPS) is 18.2. The number of halogens is 1. The van der Waals surface area contributed by atoms with Crippen LogP contribution in [0.15, 0.2) is 24.3 Å². The van der Waals surface area contributed by atoms with Crippen LogP contribution in [0.4, 0.5) is 10.5 Å². The van der Waals surface area contributed by atoms with E-state index < -0.39 is 0 Å². The monoisotopic (exact) mass is 309 g/mol.